The van der Waals surface area contributed by atoms with Crippen LogP contribution in [0.5, 0.6) is 0 Å². The molecule has 100 valence electrons. The summed E-state index contributed by atoms with van der Waals surface area (Å²) in [6.45, 7) is 4.36. The highest BCUT2D eigenvalue weighted by Crippen LogP contribution is 2.20. The molecule has 0 aromatic heterocycles. The molecular weight excluding hydrogens is 251 g/mol. The summed E-state index contributed by atoms with van der Waals surface area (Å²) in [7, 11) is 0. The highest BCUT2D eigenvalue weighted by molar-refractivity contribution is 6.31. The van der Waals surface area contributed by atoms with Crippen LogP contribution < -0.4 is 10.6 Å². The zero-order valence-corrected chi connectivity index (χ0v) is 11.5. The van der Waals surface area contributed by atoms with E-state index in [1.54, 1.807) is 13.0 Å². The second-order valence-corrected chi connectivity index (χ2v) is 5.38. The summed E-state index contributed by atoms with van der Waals surface area (Å²) in [5.74, 6) is -0.188. The highest BCUT2D eigenvalue weighted by atomic mass is 35.5. The van der Waals surface area contributed by atoms with Crippen LogP contribution in [0.1, 0.15) is 30.4 Å². The Bertz CT molecular complexity index is 403. The Balaban J connectivity index is 1.84. The maximum Gasteiger partial charge on any atom is 0.126 e. The van der Waals surface area contributed by atoms with Gasteiger partial charge >= 0.3 is 0 Å². The van der Waals surface area contributed by atoms with Crippen LogP contribution in [0.2, 0.25) is 5.02 Å². The molecule has 0 saturated carbocycles. The molecule has 1 aliphatic heterocycles. The Morgan fingerprint density at radius 3 is 3.00 bits per heavy atom. The first-order valence-electron chi connectivity index (χ1n) is 6.55. The molecule has 1 aromatic carbocycles. The standard InChI is InChI=1S/C14H20ClFN2/c1-10-6-13(15)11(7-14(10)16)8-17-9-12-4-2-3-5-18-12/h6-7,12,17-18H,2-5,8-9H2,1H3. The van der Waals surface area contributed by atoms with Crippen molar-refractivity contribution in [3.05, 3.63) is 34.1 Å². The third kappa shape index (κ3) is 3.67. The fourth-order valence-electron chi connectivity index (χ4n) is 2.30. The van der Waals surface area contributed by atoms with Gasteiger partial charge in [0.1, 0.15) is 5.82 Å². The summed E-state index contributed by atoms with van der Waals surface area (Å²) in [4.78, 5) is 0. The number of hydrogen-bond acceptors (Lipinski definition) is 2. The van der Waals surface area contributed by atoms with Crippen LogP contribution in [0.25, 0.3) is 0 Å². The van der Waals surface area contributed by atoms with Crippen molar-refractivity contribution in [2.75, 3.05) is 13.1 Å². The molecule has 2 rings (SSSR count). The lowest BCUT2D eigenvalue weighted by Crippen LogP contribution is -2.41. The van der Waals surface area contributed by atoms with Gasteiger partial charge in [-0.3, -0.25) is 0 Å². The molecule has 0 spiro atoms. The molecule has 0 radical (unpaired) electrons. The van der Waals surface area contributed by atoms with Gasteiger partial charge in [-0.1, -0.05) is 18.0 Å². The Morgan fingerprint density at radius 1 is 1.44 bits per heavy atom. The van der Waals surface area contributed by atoms with Crippen LogP contribution in [0.15, 0.2) is 12.1 Å². The van der Waals surface area contributed by atoms with Crippen molar-refractivity contribution >= 4 is 11.6 Å². The third-order valence-corrected chi connectivity index (χ3v) is 3.80. The lowest BCUT2D eigenvalue weighted by atomic mass is 10.0. The van der Waals surface area contributed by atoms with E-state index in [9.17, 15) is 4.39 Å². The van der Waals surface area contributed by atoms with Crippen molar-refractivity contribution in [3.8, 4) is 0 Å². The third-order valence-electron chi connectivity index (χ3n) is 3.45. The van der Waals surface area contributed by atoms with Gasteiger partial charge in [0.2, 0.25) is 0 Å². The zero-order chi connectivity index (χ0) is 13.0. The molecule has 0 amide bonds. The van der Waals surface area contributed by atoms with Crippen LogP contribution in [0.4, 0.5) is 4.39 Å². The van der Waals surface area contributed by atoms with Crippen LogP contribution in [-0.2, 0) is 6.54 Å². The van der Waals surface area contributed by atoms with Gasteiger partial charge in [0, 0.05) is 24.2 Å². The zero-order valence-electron chi connectivity index (χ0n) is 10.7. The SMILES string of the molecule is Cc1cc(Cl)c(CNCC2CCCCN2)cc1F. The molecule has 1 heterocycles. The minimum absolute atomic E-state index is 0.188. The van der Waals surface area contributed by atoms with E-state index in [2.05, 4.69) is 10.6 Å². The largest absolute Gasteiger partial charge is 0.313 e. The molecule has 18 heavy (non-hydrogen) atoms. The second-order valence-electron chi connectivity index (χ2n) is 4.97. The molecule has 0 aliphatic carbocycles. The first-order chi connectivity index (χ1) is 8.66. The van der Waals surface area contributed by atoms with Crippen molar-refractivity contribution in [1.29, 1.82) is 0 Å². The van der Waals surface area contributed by atoms with Crippen molar-refractivity contribution in [3.63, 3.8) is 0 Å². The minimum Gasteiger partial charge on any atom is -0.313 e. The van der Waals surface area contributed by atoms with Crippen LogP contribution >= 0.6 is 11.6 Å². The predicted octanol–water partition coefficient (Wildman–Crippen LogP) is 3.02. The summed E-state index contributed by atoms with van der Waals surface area (Å²) in [6, 6.07) is 3.75. The van der Waals surface area contributed by atoms with Crippen molar-refractivity contribution < 1.29 is 4.39 Å². The second kappa shape index (κ2) is 6.50. The molecule has 1 atom stereocenters. The van der Waals surface area contributed by atoms with E-state index in [4.69, 9.17) is 11.6 Å². The number of hydrogen-bond donors (Lipinski definition) is 2. The highest BCUT2D eigenvalue weighted by Gasteiger charge is 2.12. The maximum atomic E-state index is 13.4. The lowest BCUT2D eigenvalue weighted by molar-refractivity contribution is 0.383. The van der Waals surface area contributed by atoms with Crippen molar-refractivity contribution in [2.45, 2.75) is 38.8 Å². The van der Waals surface area contributed by atoms with Gasteiger partial charge < -0.3 is 10.6 Å². The predicted molar refractivity (Wildman–Crippen MR) is 73.5 cm³/mol. The first-order valence-corrected chi connectivity index (χ1v) is 6.93. The Kier molecular flexibility index (Phi) is 4.98. The molecule has 2 nitrogen and oxygen atoms in total. The lowest BCUT2D eigenvalue weighted by Gasteiger charge is -2.23. The quantitative estimate of drug-likeness (QED) is 0.879. The summed E-state index contributed by atoms with van der Waals surface area (Å²) in [5.41, 5.74) is 1.42. The van der Waals surface area contributed by atoms with Crippen LogP contribution in [0, 0.1) is 12.7 Å². The van der Waals surface area contributed by atoms with Crippen molar-refractivity contribution in [1.82, 2.24) is 10.6 Å². The van der Waals surface area contributed by atoms with E-state index in [-0.39, 0.29) is 5.82 Å². The normalized spacial score (nSPS) is 20.1. The van der Waals surface area contributed by atoms with Gasteiger partial charge in [0.05, 0.1) is 0 Å². The number of piperidine rings is 1. The van der Waals surface area contributed by atoms with E-state index in [1.807, 2.05) is 0 Å². The first kappa shape index (κ1) is 13.8. The molecule has 1 saturated heterocycles. The number of benzene rings is 1. The van der Waals surface area contributed by atoms with Gasteiger partial charge in [0.15, 0.2) is 0 Å². The van der Waals surface area contributed by atoms with E-state index in [0.29, 0.717) is 23.2 Å². The van der Waals surface area contributed by atoms with Crippen LogP contribution in [0.3, 0.4) is 0 Å². The summed E-state index contributed by atoms with van der Waals surface area (Å²) in [6.07, 6.45) is 3.77. The van der Waals surface area contributed by atoms with Gasteiger partial charge in [-0.15, -0.1) is 0 Å². The topological polar surface area (TPSA) is 24.1 Å². The molecule has 1 aromatic rings. The van der Waals surface area contributed by atoms with E-state index >= 15 is 0 Å². The van der Waals surface area contributed by atoms with Gasteiger partial charge in [-0.25, -0.2) is 4.39 Å². The summed E-state index contributed by atoms with van der Waals surface area (Å²) in [5, 5.41) is 7.45. The minimum atomic E-state index is -0.188. The smallest absolute Gasteiger partial charge is 0.126 e. The van der Waals surface area contributed by atoms with Crippen LogP contribution in [-0.4, -0.2) is 19.1 Å². The Morgan fingerprint density at radius 2 is 2.28 bits per heavy atom. The number of aryl methyl sites for hydroxylation is 1. The summed E-state index contributed by atoms with van der Waals surface area (Å²) < 4.78 is 13.4. The van der Waals surface area contributed by atoms with Gasteiger partial charge in [0.25, 0.3) is 0 Å². The number of nitrogens with one attached hydrogen (secondary N) is 2. The molecule has 4 heteroatoms. The fraction of sp³-hybridized carbons (Fsp3) is 0.571. The van der Waals surface area contributed by atoms with E-state index < -0.39 is 0 Å². The van der Waals surface area contributed by atoms with E-state index in [0.717, 1.165) is 18.7 Å². The molecule has 1 fully saturated rings. The fourth-order valence-corrected chi connectivity index (χ4v) is 2.59. The average Bonchev–Trinajstić information content (AvgIpc) is 2.37. The number of halogens is 2. The average molecular weight is 271 g/mol. The molecule has 2 N–H and O–H groups in total. The molecule has 1 unspecified atom stereocenters. The maximum absolute atomic E-state index is 13.4. The van der Waals surface area contributed by atoms with Gasteiger partial charge in [-0.2, -0.15) is 0 Å². The molecule has 1 aliphatic rings. The molecular formula is C14H20ClFN2. The Labute approximate surface area is 113 Å². The molecule has 0 bridgehead atoms. The van der Waals surface area contributed by atoms with Gasteiger partial charge in [-0.05, 0) is 49.6 Å². The summed E-state index contributed by atoms with van der Waals surface area (Å²) >= 11 is 6.10. The van der Waals surface area contributed by atoms with Crippen molar-refractivity contribution in [2.24, 2.45) is 0 Å². The monoisotopic (exact) mass is 270 g/mol. The van der Waals surface area contributed by atoms with E-state index in [1.165, 1.54) is 25.3 Å². The number of rotatable bonds is 4. The Hall–Kier alpha value is -0.640.